The molecule has 2 N–H and O–H groups in total. The molecule has 110 valence electrons. The molecule has 1 aromatic carbocycles. The first-order valence-electron chi connectivity index (χ1n) is 6.06. The summed E-state index contributed by atoms with van der Waals surface area (Å²) in [5, 5.41) is 22.9. The van der Waals surface area contributed by atoms with E-state index in [2.05, 4.69) is 5.32 Å². The van der Waals surface area contributed by atoms with Crippen molar-refractivity contribution in [1.29, 1.82) is 0 Å². The van der Waals surface area contributed by atoms with Gasteiger partial charge in [0.05, 0.1) is 10.3 Å². The maximum absolute atomic E-state index is 11.0. The summed E-state index contributed by atoms with van der Waals surface area (Å²) in [5.41, 5.74) is -0.527. The highest BCUT2D eigenvalue weighted by molar-refractivity contribution is 5.73. The minimum absolute atomic E-state index is 0.0733. The number of nitro benzene ring substituents is 1. The zero-order valence-corrected chi connectivity index (χ0v) is 11.7. The van der Waals surface area contributed by atoms with Gasteiger partial charge in [0.25, 0.3) is 0 Å². The summed E-state index contributed by atoms with van der Waals surface area (Å²) < 4.78 is 5.31. The van der Waals surface area contributed by atoms with Gasteiger partial charge in [0.15, 0.2) is 5.75 Å². The molecular formula is C13H18N2O5. The average molecular weight is 282 g/mol. The Morgan fingerprint density at radius 2 is 2.15 bits per heavy atom. The summed E-state index contributed by atoms with van der Waals surface area (Å²) in [4.78, 5) is 21.5. The van der Waals surface area contributed by atoms with Gasteiger partial charge < -0.3 is 15.2 Å². The third kappa shape index (κ3) is 3.92. The summed E-state index contributed by atoms with van der Waals surface area (Å²) in [6.07, 6.45) is 0. The van der Waals surface area contributed by atoms with E-state index in [0.717, 1.165) is 5.56 Å². The molecule has 0 amide bonds. The van der Waals surface area contributed by atoms with Gasteiger partial charge in [-0.05, 0) is 32.5 Å². The Morgan fingerprint density at radius 3 is 2.65 bits per heavy atom. The van der Waals surface area contributed by atoms with E-state index in [-0.39, 0.29) is 18.0 Å². The Bertz CT molecular complexity index is 513. The topological polar surface area (TPSA) is 102 Å². The number of rotatable bonds is 7. The first-order valence-corrected chi connectivity index (χ1v) is 6.06. The summed E-state index contributed by atoms with van der Waals surface area (Å²) >= 11 is 0. The number of hydrogen-bond donors (Lipinski definition) is 2. The summed E-state index contributed by atoms with van der Waals surface area (Å²) in [6, 6.07) is 4.61. The second-order valence-electron chi connectivity index (χ2n) is 5.07. The molecular weight excluding hydrogens is 264 g/mol. The van der Waals surface area contributed by atoms with E-state index in [4.69, 9.17) is 9.84 Å². The second-order valence-corrected chi connectivity index (χ2v) is 5.07. The molecule has 7 nitrogen and oxygen atoms in total. The molecule has 1 aromatic rings. The van der Waals surface area contributed by atoms with Gasteiger partial charge >= 0.3 is 11.7 Å². The first-order chi connectivity index (χ1) is 9.27. The van der Waals surface area contributed by atoms with Gasteiger partial charge in [-0.1, -0.05) is 6.07 Å². The van der Waals surface area contributed by atoms with Crippen molar-refractivity contribution in [2.75, 3.05) is 13.7 Å². The van der Waals surface area contributed by atoms with Crippen molar-refractivity contribution in [3.05, 3.63) is 33.9 Å². The Balaban J connectivity index is 2.95. The first kappa shape index (κ1) is 15.9. The second kappa shape index (κ2) is 6.33. The lowest BCUT2D eigenvalue weighted by Gasteiger charge is -2.19. The van der Waals surface area contributed by atoms with Crippen LogP contribution in [0.15, 0.2) is 18.2 Å². The molecule has 1 rings (SSSR count). The predicted molar refractivity (Wildman–Crippen MR) is 72.8 cm³/mol. The van der Waals surface area contributed by atoms with E-state index in [1.807, 2.05) is 0 Å². The van der Waals surface area contributed by atoms with Crippen LogP contribution in [0.2, 0.25) is 0 Å². The number of aliphatic carboxylic acids is 1. The lowest BCUT2D eigenvalue weighted by Crippen LogP contribution is -2.30. The van der Waals surface area contributed by atoms with Crippen molar-refractivity contribution in [2.45, 2.75) is 20.4 Å². The molecule has 0 aliphatic heterocycles. The van der Waals surface area contributed by atoms with Gasteiger partial charge in [-0.3, -0.25) is 14.9 Å². The van der Waals surface area contributed by atoms with Gasteiger partial charge in [-0.25, -0.2) is 0 Å². The van der Waals surface area contributed by atoms with Crippen LogP contribution in [-0.4, -0.2) is 29.7 Å². The lowest BCUT2D eigenvalue weighted by atomic mass is 9.95. The van der Waals surface area contributed by atoms with Crippen molar-refractivity contribution in [3.8, 4) is 5.75 Å². The van der Waals surface area contributed by atoms with E-state index >= 15 is 0 Å². The van der Waals surface area contributed by atoms with Crippen molar-refractivity contribution < 1.29 is 19.6 Å². The number of nitro groups is 1. The highest BCUT2D eigenvalue weighted by Gasteiger charge is 2.29. The fourth-order valence-corrected chi connectivity index (χ4v) is 1.46. The van der Waals surface area contributed by atoms with E-state index in [1.165, 1.54) is 26.0 Å². The number of nitrogens with zero attached hydrogens (tertiary/aromatic N) is 1. The van der Waals surface area contributed by atoms with Gasteiger partial charge in [-0.2, -0.15) is 0 Å². The fourth-order valence-electron chi connectivity index (χ4n) is 1.46. The van der Waals surface area contributed by atoms with Crippen LogP contribution in [0, 0.1) is 15.5 Å². The number of nitrogens with one attached hydrogen (secondary N) is 1. The molecule has 0 bridgehead atoms. The smallest absolute Gasteiger partial charge is 0.312 e. The Labute approximate surface area is 116 Å². The molecule has 20 heavy (non-hydrogen) atoms. The number of hydrogen-bond acceptors (Lipinski definition) is 5. The van der Waals surface area contributed by atoms with E-state index in [0.29, 0.717) is 6.54 Å². The molecule has 0 atom stereocenters. The average Bonchev–Trinajstić information content (AvgIpc) is 2.37. The van der Waals surface area contributed by atoms with Crippen LogP contribution in [0.5, 0.6) is 5.75 Å². The molecule has 7 heteroatoms. The normalized spacial score (nSPS) is 11.2. The number of benzene rings is 1. The highest BCUT2D eigenvalue weighted by Crippen LogP contribution is 2.29. The third-order valence-electron chi connectivity index (χ3n) is 2.77. The quantitative estimate of drug-likeness (QED) is 0.584. The molecule has 0 aliphatic rings. The van der Waals surface area contributed by atoms with Crippen LogP contribution in [0.1, 0.15) is 19.4 Å². The number of carboxylic acid groups (broad SMARTS) is 1. The van der Waals surface area contributed by atoms with Crippen LogP contribution in [0.25, 0.3) is 0 Å². The summed E-state index contributed by atoms with van der Waals surface area (Å²) in [5.74, 6) is -0.948. The van der Waals surface area contributed by atoms with Crippen LogP contribution in [0.3, 0.4) is 0 Å². The van der Waals surface area contributed by atoms with Gasteiger partial charge in [0.2, 0.25) is 0 Å². The van der Waals surface area contributed by atoms with Crippen molar-refractivity contribution in [2.24, 2.45) is 5.41 Å². The monoisotopic (exact) mass is 282 g/mol. The maximum Gasteiger partial charge on any atom is 0.312 e. The van der Waals surface area contributed by atoms with Crippen LogP contribution >= 0.6 is 0 Å². The number of ether oxygens (including phenoxy) is 1. The third-order valence-corrected chi connectivity index (χ3v) is 2.77. The lowest BCUT2D eigenvalue weighted by molar-refractivity contribution is -0.386. The zero-order valence-electron chi connectivity index (χ0n) is 11.7. The van der Waals surface area contributed by atoms with E-state index < -0.39 is 16.3 Å². The van der Waals surface area contributed by atoms with Gasteiger partial charge in [-0.15, -0.1) is 0 Å². The van der Waals surface area contributed by atoms with Crippen LogP contribution in [0.4, 0.5) is 5.69 Å². The number of carboxylic acids is 1. The molecule has 0 heterocycles. The minimum Gasteiger partial charge on any atom is -0.486 e. The van der Waals surface area contributed by atoms with Gasteiger partial charge in [0.1, 0.15) is 6.61 Å². The van der Waals surface area contributed by atoms with Crippen LogP contribution in [-0.2, 0) is 11.3 Å². The largest absolute Gasteiger partial charge is 0.486 e. The highest BCUT2D eigenvalue weighted by atomic mass is 16.6. The van der Waals surface area contributed by atoms with Crippen LogP contribution < -0.4 is 10.1 Å². The summed E-state index contributed by atoms with van der Waals surface area (Å²) in [6.45, 7) is 3.35. The summed E-state index contributed by atoms with van der Waals surface area (Å²) in [7, 11) is 1.74. The number of carbonyl (C=O) groups is 1. The Hall–Kier alpha value is -2.15. The molecule has 0 radical (unpaired) electrons. The van der Waals surface area contributed by atoms with E-state index in [1.54, 1.807) is 13.1 Å². The Morgan fingerprint density at radius 1 is 1.50 bits per heavy atom. The Kier molecular flexibility index (Phi) is 5.04. The van der Waals surface area contributed by atoms with Crippen molar-refractivity contribution in [1.82, 2.24) is 5.32 Å². The van der Waals surface area contributed by atoms with Crippen molar-refractivity contribution in [3.63, 3.8) is 0 Å². The SMILES string of the molecule is CNCc1ccc(OCC(C)(C)C(=O)O)c([N+](=O)[O-])c1. The molecule has 0 fully saturated rings. The minimum atomic E-state index is -1.11. The van der Waals surface area contributed by atoms with Crippen molar-refractivity contribution >= 4 is 11.7 Å². The molecule has 0 aromatic heterocycles. The fraction of sp³-hybridized carbons (Fsp3) is 0.462. The molecule has 0 spiro atoms. The maximum atomic E-state index is 11.0. The zero-order chi connectivity index (χ0) is 15.3. The van der Waals surface area contributed by atoms with E-state index in [9.17, 15) is 14.9 Å². The molecule has 0 saturated carbocycles. The molecule has 0 saturated heterocycles. The standard InChI is InChI=1S/C13H18N2O5/c1-13(2,12(16)17)8-20-11-5-4-9(7-14-3)6-10(11)15(18)19/h4-6,14H,7-8H2,1-3H3,(H,16,17). The predicted octanol–water partition coefficient (Wildman–Crippen LogP) is 1.80. The van der Waals surface area contributed by atoms with Gasteiger partial charge in [0, 0.05) is 12.6 Å². The molecule has 0 aliphatic carbocycles. The molecule has 0 unspecified atom stereocenters.